The fraction of sp³-hybridized carbons (Fsp3) is 0.611. The fourth-order valence-electron chi connectivity index (χ4n) is 3.31. The zero-order chi connectivity index (χ0) is 18.7. The van der Waals surface area contributed by atoms with Crippen LogP contribution >= 0.6 is 0 Å². The van der Waals surface area contributed by atoms with Crippen LogP contribution in [0.5, 0.6) is 11.5 Å². The van der Waals surface area contributed by atoms with E-state index < -0.39 is 10.0 Å². The smallest absolute Gasteiger partial charge is 0.223 e. The average molecular weight is 382 g/mol. The number of carbonyl (C=O) groups is 1. The molecule has 0 aliphatic carbocycles. The molecule has 1 amide bonds. The summed E-state index contributed by atoms with van der Waals surface area (Å²) in [5, 5.41) is 3.04. The molecule has 3 rings (SSSR count). The Morgan fingerprint density at radius 1 is 1.19 bits per heavy atom. The molecule has 0 spiro atoms. The summed E-state index contributed by atoms with van der Waals surface area (Å²) in [5.41, 5.74) is 0.955. The number of rotatable bonds is 4. The maximum atomic E-state index is 12.5. The standard InChI is InChI=1S/C18H26N2O5S/c1-13(15-4-5-16-17(12-15)25-11-3-10-24-16)19-18(21)14-6-8-20(9-7-14)26(2,22)23/h4-5,12-14H,3,6-11H2,1-2H3,(H,19,21)/t13-/m0/s1. The van der Waals surface area contributed by atoms with Crippen molar-refractivity contribution in [3.63, 3.8) is 0 Å². The van der Waals surface area contributed by atoms with Crippen molar-refractivity contribution in [2.45, 2.75) is 32.2 Å². The van der Waals surface area contributed by atoms with Crippen molar-refractivity contribution in [1.82, 2.24) is 9.62 Å². The Kier molecular flexibility index (Phi) is 5.72. The highest BCUT2D eigenvalue weighted by atomic mass is 32.2. The predicted octanol–water partition coefficient (Wildman–Crippen LogP) is 1.70. The molecule has 0 saturated carbocycles. The second-order valence-electron chi connectivity index (χ2n) is 6.92. The van der Waals surface area contributed by atoms with Gasteiger partial charge in [-0.15, -0.1) is 0 Å². The quantitative estimate of drug-likeness (QED) is 0.857. The Bertz CT molecular complexity index is 757. The lowest BCUT2D eigenvalue weighted by Gasteiger charge is -2.30. The summed E-state index contributed by atoms with van der Waals surface area (Å²) in [6.45, 7) is 3.99. The van der Waals surface area contributed by atoms with E-state index in [-0.39, 0.29) is 17.9 Å². The molecule has 1 saturated heterocycles. The minimum absolute atomic E-state index is 0.0298. The zero-order valence-corrected chi connectivity index (χ0v) is 16.0. The first kappa shape index (κ1) is 19.0. The highest BCUT2D eigenvalue weighted by molar-refractivity contribution is 7.88. The van der Waals surface area contributed by atoms with E-state index >= 15 is 0 Å². The van der Waals surface area contributed by atoms with Gasteiger partial charge in [0.1, 0.15) is 0 Å². The summed E-state index contributed by atoms with van der Waals surface area (Å²) in [6.07, 6.45) is 3.15. The monoisotopic (exact) mass is 382 g/mol. The van der Waals surface area contributed by atoms with Gasteiger partial charge in [-0.05, 0) is 37.5 Å². The number of nitrogens with zero attached hydrogens (tertiary/aromatic N) is 1. The number of sulfonamides is 1. The van der Waals surface area contributed by atoms with Gasteiger partial charge in [-0.3, -0.25) is 4.79 Å². The largest absolute Gasteiger partial charge is 0.490 e. The number of amides is 1. The molecule has 1 aromatic carbocycles. The van der Waals surface area contributed by atoms with Gasteiger partial charge in [-0.1, -0.05) is 6.07 Å². The number of ether oxygens (including phenoxy) is 2. The SMILES string of the molecule is C[C@H](NC(=O)C1CCN(S(C)(=O)=O)CC1)c1ccc2c(c1)OCCCO2. The molecule has 8 heteroatoms. The van der Waals surface area contributed by atoms with Crippen molar-refractivity contribution in [3.05, 3.63) is 23.8 Å². The van der Waals surface area contributed by atoms with Gasteiger partial charge < -0.3 is 14.8 Å². The van der Waals surface area contributed by atoms with Crippen LogP contribution < -0.4 is 14.8 Å². The average Bonchev–Trinajstić information content (AvgIpc) is 2.85. The molecule has 26 heavy (non-hydrogen) atoms. The molecule has 1 aromatic rings. The van der Waals surface area contributed by atoms with Gasteiger partial charge in [-0.25, -0.2) is 12.7 Å². The Balaban J connectivity index is 1.59. The lowest BCUT2D eigenvalue weighted by molar-refractivity contribution is -0.126. The normalized spacial score (nSPS) is 20.2. The molecule has 7 nitrogen and oxygen atoms in total. The number of hydrogen-bond donors (Lipinski definition) is 1. The van der Waals surface area contributed by atoms with Crippen LogP contribution in [0.2, 0.25) is 0 Å². The van der Waals surface area contributed by atoms with Crippen molar-refractivity contribution >= 4 is 15.9 Å². The van der Waals surface area contributed by atoms with Gasteiger partial charge in [0, 0.05) is 25.4 Å². The Hall–Kier alpha value is -1.80. The van der Waals surface area contributed by atoms with E-state index in [1.807, 2.05) is 25.1 Å². The molecule has 1 N–H and O–H groups in total. The van der Waals surface area contributed by atoms with Crippen LogP contribution in [0.15, 0.2) is 18.2 Å². The Morgan fingerprint density at radius 3 is 2.50 bits per heavy atom. The molecule has 0 aromatic heterocycles. The number of benzene rings is 1. The molecule has 2 aliphatic rings. The van der Waals surface area contributed by atoms with E-state index in [2.05, 4.69) is 5.32 Å². The van der Waals surface area contributed by atoms with Crippen LogP contribution in [-0.4, -0.2) is 51.2 Å². The molecular weight excluding hydrogens is 356 g/mol. The van der Waals surface area contributed by atoms with Crippen molar-refractivity contribution < 1.29 is 22.7 Å². The summed E-state index contributed by atoms with van der Waals surface area (Å²) in [5.74, 6) is 1.26. The van der Waals surface area contributed by atoms with Gasteiger partial charge in [0.05, 0.1) is 25.5 Å². The van der Waals surface area contributed by atoms with Gasteiger partial charge in [0.25, 0.3) is 0 Å². The molecule has 2 heterocycles. The highest BCUT2D eigenvalue weighted by Gasteiger charge is 2.29. The van der Waals surface area contributed by atoms with Crippen LogP contribution in [0, 0.1) is 5.92 Å². The van der Waals surface area contributed by atoms with Crippen LogP contribution in [0.1, 0.15) is 37.8 Å². The third kappa shape index (κ3) is 4.48. The maximum Gasteiger partial charge on any atom is 0.223 e. The second kappa shape index (κ2) is 7.84. The summed E-state index contributed by atoms with van der Waals surface area (Å²) >= 11 is 0. The lowest BCUT2D eigenvalue weighted by Crippen LogP contribution is -2.43. The van der Waals surface area contributed by atoms with Crippen molar-refractivity contribution in [2.24, 2.45) is 5.92 Å². The summed E-state index contributed by atoms with van der Waals surface area (Å²) < 4.78 is 35.9. The van der Waals surface area contributed by atoms with Crippen LogP contribution in [-0.2, 0) is 14.8 Å². The van der Waals surface area contributed by atoms with Crippen molar-refractivity contribution in [1.29, 1.82) is 0 Å². The highest BCUT2D eigenvalue weighted by Crippen LogP contribution is 2.32. The number of hydrogen-bond acceptors (Lipinski definition) is 5. The second-order valence-corrected chi connectivity index (χ2v) is 8.91. The fourth-order valence-corrected chi connectivity index (χ4v) is 4.19. The summed E-state index contributed by atoms with van der Waals surface area (Å²) in [7, 11) is -3.18. The summed E-state index contributed by atoms with van der Waals surface area (Å²) in [4.78, 5) is 12.5. The first-order valence-corrected chi connectivity index (χ1v) is 10.8. The van der Waals surface area contributed by atoms with E-state index in [0.717, 1.165) is 17.7 Å². The molecule has 0 unspecified atom stereocenters. The topological polar surface area (TPSA) is 84.9 Å². The number of piperidine rings is 1. The van der Waals surface area contributed by atoms with Gasteiger partial charge in [-0.2, -0.15) is 0 Å². The molecular formula is C18H26N2O5S. The number of fused-ring (bicyclic) bond motifs is 1. The first-order valence-electron chi connectivity index (χ1n) is 8.99. The molecule has 1 fully saturated rings. The molecule has 0 bridgehead atoms. The third-order valence-electron chi connectivity index (χ3n) is 4.92. The predicted molar refractivity (Wildman–Crippen MR) is 97.7 cm³/mol. The zero-order valence-electron chi connectivity index (χ0n) is 15.2. The van der Waals surface area contributed by atoms with E-state index in [4.69, 9.17) is 9.47 Å². The molecule has 144 valence electrons. The van der Waals surface area contributed by atoms with Crippen LogP contribution in [0.25, 0.3) is 0 Å². The van der Waals surface area contributed by atoms with Crippen molar-refractivity contribution in [3.8, 4) is 11.5 Å². The lowest BCUT2D eigenvalue weighted by atomic mass is 9.96. The maximum absolute atomic E-state index is 12.5. The van der Waals surface area contributed by atoms with Gasteiger partial charge in [0.2, 0.25) is 15.9 Å². The minimum atomic E-state index is -3.18. The van der Waals surface area contributed by atoms with Crippen LogP contribution in [0.3, 0.4) is 0 Å². The van der Waals surface area contributed by atoms with E-state index in [1.165, 1.54) is 10.6 Å². The first-order chi connectivity index (χ1) is 12.3. The van der Waals surface area contributed by atoms with Crippen molar-refractivity contribution in [2.75, 3.05) is 32.6 Å². The molecule has 1 atom stereocenters. The Labute approximate surface area is 154 Å². The molecule has 0 radical (unpaired) electrons. The van der Waals surface area contributed by atoms with Gasteiger partial charge in [0.15, 0.2) is 11.5 Å². The summed E-state index contributed by atoms with van der Waals surface area (Å²) in [6, 6.07) is 5.57. The minimum Gasteiger partial charge on any atom is -0.490 e. The number of carbonyl (C=O) groups excluding carboxylic acids is 1. The van der Waals surface area contributed by atoms with E-state index in [1.54, 1.807) is 0 Å². The Morgan fingerprint density at radius 2 is 1.85 bits per heavy atom. The third-order valence-corrected chi connectivity index (χ3v) is 6.23. The van der Waals surface area contributed by atoms with E-state index in [9.17, 15) is 13.2 Å². The number of nitrogens with one attached hydrogen (secondary N) is 1. The van der Waals surface area contributed by atoms with Gasteiger partial charge >= 0.3 is 0 Å². The molecule has 2 aliphatic heterocycles. The van der Waals surface area contributed by atoms with E-state index in [0.29, 0.717) is 44.9 Å². The van der Waals surface area contributed by atoms with Crippen LogP contribution in [0.4, 0.5) is 0 Å².